The van der Waals surface area contributed by atoms with Crippen LogP contribution in [0.25, 0.3) is 0 Å². The van der Waals surface area contributed by atoms with Gasteiger partial charge in [0.15, 0.2) is 0 Å². The summed E-state index contributed by atoms with van der Waals surface area (Å²) in [6.45, 7) is 6.57. The van der Waals surface area contributed by atoms with Crippen molar-refractivity contribution in [2.24, 2.45) is 5.41 Å². The molecule has 1 aliphatic heterocycles. The normalized spacial score (nSPS) is 34.9. The Labute approximate surface area is 110 Å². The van der Waals surface area contributed by atoms with E-state index in [1.54, 1.807) is 0 Å². The van der Waals surface area contributed by atoms with Crippen molar-refractivity contribution < 1.29 is 4.74 Å². The molecule has 18 heavy (non-hydrogen) atoms. The van der Waals surface area contributed by atoms with Crippen molar-refractivity contribution >= 4 is 0 Å². The van der Waals surface area contributed by atoms with Crippen LogP contribution in [0.5, 0.6) is 0 Å². The molecule has 1 N–H and O–H groups in total. The van der Waals surface area contributed by atoms with Crippen LogP contribution in [-0.2, 0) is 10.3 Å². The van der Waals surface area contributed by atoms with E-state index in [1.165, 1.54) is 12.0 Å². The second kappa shape index (κ2) is 4.36. The molecule has 2 nitrogen and oxygen atoms in total. The highest BCUT2D eigenvalue weighted by Crippen LogP contribution is 2.48. The molecule has 0 spiro atoms. The van der Waals surface area contributed by atoms with Crippen molar-refractivity contribution in [1.82, 2.24) is 5.32 Å². The van der Waals surface area contributed by atoms with Crippen molar-refractivity contribution in [3.05, 3.63) is 35.9 Å². The quantitative estimate of drug-likeness (QED) is 0.821. The van der Waals surface area contributed by atoms with Crippen LogP contribution >= 0.6 is 0 Å². The van der Waals surface area contributed by atoms with Crippen molar-refractivity contribution in [2.75, 3.05) is 13.2 Å². The van der Waals surface area contributed by atoms with Crippen LogP contribution in [0.3, 0.4) is 0 Å². The van der Waals surface area contributed by atoms with Gasteiger partial charge in [-0.2, -0.15) is 0 Å². The Balaban J connectivity index is 2.02. The fourth-order valence-electron chi connectivity index (χ4n) is 3.73. The number of nitrogens with one attached hydrogen (secondary N) is 1. The highest BCUT2D eigenvalue weighted by atomic mass is 16.5. The highest BCUT2D eigenvalue weighted by molar-refractivity contribution is 5.28. The van der Waals surface area contributed by atoms with Crippen molar-refractivity contribution in [1.29, 1.82) is 0 Å². The lowest BCUT2D eigenvalue weighted by molar-refractivity contribution is -0.100. The third-order valence-electron chi connectivity index (χ3n) is 4.54. The Morgan fingerprint density at radius 1 is 1.22 bits per heavy atom. The number of morpholine rings is 1. The zero-order chi connectivity index (χ0) is 12.6. The zero-order valence-electron chi connectivity index (χ0n) is 11.4. The van der Waals surface area contributed by atoms with E-state index in [2.05, 4.69) is 49.5 Å². The van der Waals surface area contributed by atoms with E-state index in [0.29, 0.717) is 11.5 Å². The molecule has 0 bridgehead atoms. The molecule has 1 saturated heterocycles. The summed E-state index contributed by atoms with van der Waals surface area (Å²) >= 11 is 0. The molecule has 1 heterocycles. The molecule has 0 amide bonds. The fraction of sp³-hybridized carbons (Fsp3) is 0.625. The van der Waals surface area contributed by atoms with Gasteiger partial charge in [-0.05, 0) is 30.2 Å². The van der Waals surface area contributed by atoms with Crippen molar-refractivity contribution in [3.63, 3.8) is 0 Å². The second-order valence-corrected chi connectivity index (χ2v) is 6.50. The predicted octanol–water partition coefficient (Wildman–Crippen LogP) is 3.08. The summed E-state index contributed by atoms with van der Waals surface area (Å²) in [7, 11) is 0. The monoisotopic (exact) mass is 245 g/mol. The minimum absolute atomic E-state index is 0.0290. The zero-order valence-corrected chi connectivity index (χ0v) is 11.4. The number of ether oxygens (including phenoxy) is 1. The van der Waals surface area contributed by atoms with Crippen LogP contribution in [0.15, 0.2) is 30.3 Å². The lowest BCUT2D eigenvalue weighted by Gasteiger charge is -2.53. The van der Waals surface area contributed by atoms with Gasteiger partial charge in [-0.25, -0.2) is 0 Å². The Morgan fingerprint density at radius 2 is 2.00 bits per heavy atom. The van der Waals surface area contributed by atoms with Gasteiger partial charge in [-0.1, -0.05) is 44.2 Å². The van der Waals surface area contributed by atoms with Gasteiger partial charge in [-0.15, -0.1) is 0 Å². The summed E-state index contributed by atoms with van der Waals surface area (Å²) in [6.07, 6.45) is 3.92. The van der Waals surface area contributed by atoms with E-state index < -0.39 is 0 Å². The average Bonchev–Trinajstić information content (AvgIpc) is 2.38. The van der Waals surface area contributed by atoms with Gasteiger partial charge in [0.25, 0.3) is 0 Å². The lowest BCUT2D eigenvalue weighted by atomic mass is 9.63. The number of hydrogen-bond acceptors (Lipinski definition) is 2. The molecule has 2 unspecified atom stereocenters. The van der Waals surface area contributed by atoms with E-state index in [1.807, 2.05) is 0 Å². The Bertz CT molecular complexity index is 414. The molecule has 3 rings (SSSR count). The first kappa shape index (κ1) is 12.2. The van der Waals surface area contributed by atoms with Gasteiger partial charge in [0, 0.05) is 6.54 Å². The van der Waals surface area contributed by atoms with Crippen LogP contribution in [0.1, 0.15) is 38.7 Å². The van der Waals surface area contributed by atoms with Gasteiger partial charge in [-0.3, -0.25) is 0 Å². The molecule has 0 aromatic heterocycles. The van der Waals surface area contributed by atoms with Crippen molar-refractivity contribution in [3.8, 4) is 0 Å². The predicted molar refractivity (Wildman–Crippen MR) is 73.5 cm³/mol. The molecule has 2 aliphatic rings. The third kappa shape index (κ3) is 1.98. The molecular weight excluding hydrogens is 222 g/mol. The van der Waals surface area contributed by atoms with Crippen molar-refractivity contribution in [2.45, 2.75) is 44.8 Å². The van der Waals surface area contributed by atoms with Crippen LogP contribution in [0.2, 0.25) is 0 Å². The maximum atomic E-state index is 6.07. The summed E-state index contributed by atoms with van der Waals surface area (Å²) in [6, 6.07) is 10.9. The van der Waals surface area contributed by atoms with E-state index in [4.69, 9.17) is 4.74 Å². The molecule has 1 saturated carbocycles. The minimum Gasteiger partial charge on any atom is -0.375 e. The smallest absolute Gasteiger partial charge is 0.0799 e. The first-order valence-electron chi connectivity index (χ1n) is 7.05. The number of fused-ring (bicyclic) bond motifs is 1. The first-order valence-corrected chi connectivity index (χ1v) is 7.05. The minimum atomic E-state index is 0.0290. The SMILES string of the molecule is CC1(C)CCC2OCCNC2(c2ccccc2)C1. The lowest BCUT2D eigenvalue weighted by Crippen LogP contribution is -2.61. The van der Waals surface area contributed by atoms with Gasteiger partial charge >= 0.3 is 0 Å². The summed E-state index contributed by atoms with van der Waals surface area (Å²) in [5.74, 6) is 0. The van der Waals surface area contributed by atoms with Gasteiger partial charge in [0.2, 0.25) is 0 Å². The molecule has 1 aromatic carbocycles. The summed E-state index contributed by atoms with van der Waals surface area (Å²) in [5, 5.41) is 3.78. The molecule has 2 atom stereocenters. The third-order valence-corrected chi connectivity index (χ3v) is 4.54. The van der Waals surface area contributed by atoms with E-state index in [-0.39, 0.29) is 5.54 Å². The second-order valence-electron chi connectivity index (χ2n) is 6.50. The molecule has 0 radical (unpaired) electrons. The first-order chi connectivity index (χ1) is 8.62. The van der Waals surface area contributed by atoms with Crippen LogP contribution < -0.4 is 5.32 Å². The number of benzene rings is 1. The largest absolute Gasteiger partial charge is 0.375 e. The van der Waals surface area contributed by atoms with Gasteiger partial charge < -0.3 is 10.1 Å². The van der Waals surface area contributed by atoms with Crippen LogP contribution in [-0.4, -0.2) is 19.3 Å². The average molecular weight is 245 g/mol. The molecule has 1 aromatic rings. The maximum Gasteiger partial charge on any atom is 0.0799 e. The molecular formula is C16H23NO. The highest BCUT2D eigenvalue weighted by Gasteiger charge is 2.49. The van der Waals surface area contributed by atoms with Crippen LogP contribution in [0, 0.1) is 5.41 Å². The molecule has 98 valence electrons. The van der Waals surface area contributed by atoms with E-state index >= 15 is 0 Å². The van der Waals surface area contributed by atoms with Gasteiger partial charge in [0.1, 0.15) is 0 Å². The standard InChI is InChI=1S/C16H23NO/c1-15(2)9-8-14-16(12-15,17-10-11-18-14)13-6-4-3-5-7-13/h3-7,14,17H,8-12H2,1-2H3. The maximum absolute atomic E-state index is 6.07. The number of hydrogen-bond donors (Lipinski definition) is 1. The fourth-order valence-corrected chi connectivity index (χ4v) is 3.73. The van der Waals surface area contributed by atoms with Gasteiger partial charge in [0.05, 0.1) is 18.2 Å². The Kier molecular flexibility index (Phi) is 2.95. The Morgan fingerprint density at radius 3 is 2.78 bits per heavy atom. The molecule has 2 fully saturated rings. The number of rotatable bonds is 1. The van der Waals surface area contributed by atoms with E-state index in [9.17, 15) is 0 Å². The summed E-state index contributed by atoms with van der Waals surface area (Å²) in [4.78, 5) is 0. The summed E-state index contributed by atoms with van der Waals surface area (Å²) in [5.41, 5.74) is 1.81. The topological polar surface area (TPSA) is 21.3 Å². The Hall–Kier alpha value is -0.860. The van der Waals surface area contributed by atoms with E-state index in [0.717, 1.165) is 26.0 Å². The molecule has 1 aliphatic carbocycles. The summed E-state index contributed by atoms with van der Waals surface area (Å²) < 4.78 is 6.07. The molecule has 2 heteroatoms. The van der Waals surface area contributed by atoms with Crippen LogP contribution in [0.4, 0.5) is 0 Å².